The zero-order valence-corrected chi connectivity index (χ0v) is 17.7. The average Bonchev–Trinajstić information content (AvgIpc) is 3.15. The maximum absolute atomic E-state index is 2.59. The molecule has 0 spiro atoms. The highest BCUT2D eigenvalue weighted by atomic mass is 31.1. The fourth-order valence-electron chi connectivity index (χ4n) is 2.88. The predicted molar refractivity (Wildman–Crippen MR) is 109 cm³/mol. The van der Waals surface area contributed by atoms with Crippen molar-refractivity contribution in [3.63, 3.8) is 0 Å². The topological polar surface area (TPSA) is 0 Å². The lowest BCUT2D eigenvalue weighted by Crippen LogP contribution is -2.29. The Morgan fingerprint density at radius 2 is 1.22 bits per heavy atom. The zero-order chi connectivity index (χ0) is 17.6. The molecule has 0 heterocycles. The van der Waals surface area contributed by atoms with Gasteiger partial charge in [0.15, 0.2) is 5.30 Å². The summed E-state index contributed by atoms with van der Waals surface area (Å²) in [4.78, 5) is 0. The molecule has 1 saturated carbocycles. The number of hydrogen-bond acceptors (Lipinski definition) is 0. The summed E-state index contributed by atoms with van der Waals surface area (Å²) in [6.07, 6.45) is 2.81. The van der Waals surface area contributed by atoms with E-state index < -0.39 is 0 Å². The molecule has 0 radical (unpaired) electrons. The summed E-state index contributed by atoms with van der Waals surface area (Å²) >= 11 is 0. The lowest BCUT2D eigenvalue weighted by atomic mass is 9.75. The predicted octanol–water partition coefficient (Wildman–Crippen LogP) is 6.10. The van der Waals surface area contributed by atoms with Crippen LogP contribution in [0.3, 0.4) is 0 Å². The lowest BCUT2D eigenvalue weighted by molar-refractivity contribution is 0.554. The van der Waals surface area contributed by atoms with E-state index in [0.717, 1.165) is 14.1 Å². The molecule has 0 aliphatic heterocycles. The molecule has 0 nitrogen and oxygen atoms in total. The maximum atomic E-state index is 2.59. The molecular formula is C22H36P+. The fraction of sp³-hybridized carbons (Fsp3) is 0.682. The Labute approximate surface area is 145 Å². The summed E-state index contributed by atoms with van der Waals surface area (Å²) in [5, 5.41) is 1.62. The molecule has 1 fully saturated rings. The minimum atomic E-state index is 0.195. The van der Waals surface area contributed by atoms with Gasteiger partial charge < -0.3 is 0 Å². The van der Waals surface area contributed by atoms with E-state index in [4.69, 9.17) is 0 Å². The van der Waals surface area contributed by atoms with E-state index in [1.807, 2.05) is 0 Å². The van der Waals surface area contributed by atoms with Crippen molar-refractivity contribution in [3.8, 4) is 0 Å². The van der Waals surface area contributed by atoms with Crippen molar-refractivity contribution in [2.24, 2.45) is 5.92 Å². The van der Waals surface area contributed by atoms with Crippen molar-refractivity contribution < 1.29 is 0 Å². The van der Waals surface area contributed by atoms with Gasteiger partial charge in [-0.1, -0.05) is 74.4 Å². The Hall–Kier alpha value is -0.610. The van der Waals surface area contributed by atoms with Gasteiger partial charge in [0.25, 0.3) is 0 Å². The summed E-state index contributed by atoms with van der Waals surface area (Å²) in [7, 11) is 0.847. The third-order valence-electron chi connectivity index (χ3n) is 4.71. The fourth-order valence-corrected chi connectivity index (χ4v) is 4.82. The molecule has 1 aromatic carbocycles. The molecule has 128 valence electrons. The van der Waals surface area contributed by atoms with Crippen LogP contribution in [0.25, 0.3) is 0 Å². The third-order valence-corrected chi connectivity index (χ3v) is 6.17. The molecule has 1 unspecified atom stereocenters. The molecular weight excluding hydrogens is 295 g/mol. The van der Waals surface area contributed by atoms with Gasteiger partial charge in [0.2, 0.25) is 0 Å². The smallest absolute Gasteiger partial charge is 0.0561 e. The minimum absolute atomic E-state index is 0.195. The van der Waals surface area contributed by atoms with Crippen LogP contribution in [0, 0.1) is 5.92 Å². The van der Waals surface area contributed by atoms with Crippen molar-refractivity contribution in [2.75, 3.05) is 0 Å². The monoisotopic (exact) mass is 331 g/mol. The highest BCUT2D eigenvalue weighted by molar-refractivity contribution is 7.47. The van der Waals surface area contributed by atoms with Crippen molar-refractivity contribution in [3.05, 3.63) is 28.8 Å². The Balaban J connectivity index is 2.73. The Bertz CT molecular complexity index is 561. The van der Waals surface area contributed by atoms with Gasteiger partial charge in [-0.25, -0.2) is 0 Å². The van der Waals surface area contributed by atoms with E-state index in [9.17, 15) is 0 Å². The third kappa shape index (κ3) is 4.69. The second-order valence-corrected chi connectivity index (χ2v) is 11.5. The van der Waals surface area contributed by atoms with Gasteiger partial charge in [0.1, 0.15) is 8.20 Å². The molecule has 1 aliphatic carbocycles. The van der Waals surface area contributed by atoms with Gasteiger partial charge in [-0.15, -0.1) is 0 Å². The van der Waals surface area contributed by atoms with Gasteiger partial charge in [0, 0.05) is 17.0 Å². The minimum Gasteiger partial charge on any atom is -0.0561 e. The molecule has 0 saturated heterocycles. The van der Waals surface area contributed by atoms with E-state index >= 15 is 0 Å². The Kier molecular flexibility index (Phi) is 4.91. The summed E-state index contributed by atoms with van der Waals surface area (Å²) in [5.41, 5.74) is 5.19. The summed E-state index contributed by atoms with van der Waals surface area (Å²) < 4.78 is 0. The van der Waals surface area contributed by atoms with Crippen molar-refractivity contribution in [2.45, 2.75) is 91.4 Å². The molecule has 1 aliphatic rings. The number of benzene rings is 1. The number of rotatable bonds is 2. The molecule has 0 bridgehead atoms. The second-order valence-electron chi connectivity index (χ2n) is 10.3. The van der Waals surface area contributed by atoms with E-state index in [0.29, 0.717) is 0 Å². The Morgan fingerprint density at radius 3 is 1.52 bits per heavy atom. The van der Waals surface area contributed by atoms with Crippen LogP contribution in [0.2, 0.25) is 0 Å². The van der Waals surface area contributed by atoms with Gasteiger partial charge in [-0.2, -0.15) is 0 Å². The standard InChI is InChI=1S/C22H35P/c1-20(2,3)16-12-17(21(4,5)6)19(23-14-15-10-11-15)18(13-16)22(7,8)9/h12-15H,10-11H2,1-9H3/p+1. The first-order valence-electron chi connectivity index (χ1n) is 9.09. The van der Waals surface area contributed by atoms with Crippen molar-refractivity contribution in [1.82, 2.24) is 0 Å². The largest absolute Gasteiger partial charge is 0.153 e. The molecule has 23 heavy (non-hydrogen) atoms. The molecule has 2 rings (SSSR count). The van der Waals surface area contributed by atoms with Crippen LogP contribution < -0.4 is 5.30 Å². The SMILES string of the molecule is CC(C)(C)c1cc(C(C)(C)C)c([PH+]=CC2CC2)c(C(C)(C)C)c1. The molecule has 0 amide bonds. The van der Waals surface area contributed by atoms with Crippen LogP contribution >= 0.6 is 8.20 Å². The van der Waals surface area contributed by atoms with Gasteiger partial charge in [-0.3, -0.25) is 0 Å². The van der Waals surface area contributed by atoms with Crippen molar-refractivity contribution in [1.29, 1.82) is 0 Å². The van der Waals surface area contributed by atoms with Crippen LogP contribution in [0.4, 0.5) is 0 Å². The van der Waals surface area contributed by atoms with Gasteiger partial charge in [-0.05, 0) is 34.7 Å². The first-order chi connectivity index (χ1) is 10.3. The summed E-state index contributed by atoms with van der Waals surface area (Å²) in [6, 6.07) is 5.00. The molecule has 0 N–H and O–H groups in total. The quantitative estimate of drug-likeness (QED) is 0.575. The molecule has 1 atom stereocenters. The first-order valence-corrected chi connectivity index (χ1v) is 10.2. The highest BCUT2D eigenvalue weighted by Gasteiger charge is 2.32. The molecule has 0 aromatic heterocycles. The van der Waals surface area contributed by atoms with E-state index in [-0.39, 0.29) is 16.2 Å². The highest BCUT2D eigenvalue weighted by Crippen LogP contribution is 2.36. The van der Waals surface area contributed by atoms with Gasteiger partial charge in [0.05, 0.1) is 5.80 Å². The summed E-state index contributed by atoms with van der Waals surface area (Å²) in [6.45, 7) is 21.2. The summed E-state index contributed by atoms with van der Waals surface area (Å²) in [5.74, 6) is 3.48. The van der Waals surface area contributed by atoms with Crippen LogP contribution in [-0.4, -0.2) is 5.80 Å². The maximum Gasteiger partial charge on any atom is 0.153 e. The van der Waals surface area contributed by atoms with Crippen LogP contribution in [-0.2, 0) is 16.2 Å². The van der Waals surface area contributed by atoms with E-state index in [1.165, 1.54) is 18.4 Å². The van der Waals surface area contributed by atoms with E-state index in [2.05, 4.69) is 80.2 Å². The van der Waals surface area contributed by atoms with Gasteiger partial charge >= 0.3 is 0 Å². The molecule has 1 aromatic rings. The van der Waals surface area contributed by atoms with Crippen LogP contribution in [0.5, 0.6) is 0 Å². The lowest BCUT2D eigenvalue weighted by Gasteiger charge is -2.30. The first kappa shape index (κ1) is 18.7. The zero-order valence-electron chi connectivity index (χ0n) is 16.7. The Morgan fingerprint density at radius 1 is 0.783 bits per heavy atom. The van der Waals surface area contributed by atoms with Crippen molar-refractivity contribution >= 4 is 19.3 Å². The van der Waals surface area contributed by atoms with Crippen LogP contribution in [0.1, 0.15) is 91.8 Å². The number of hydrogen-bond donors (Lipinski definition) is 0. The normalized spacial score (nSPS) is 17.1. The second kappa shape index (κ2) is 6.03. The molecule has 1 heteroatoms. The van der Waals surface area contributed by atoms with E-state index in [1.54, 1.807) is 16.4 Å². The average molecular weight is 332 g/mol. The van der Waals surface area contributed by atoms with Crippen LogP contribution in [0.15, 0.2) is 12.1 Å².